The minimum atomic E-state index is -0.413. The molecule has 1 heterocycles. The van der Waals surface area contributed by atoms with Crippen molar-refractivity contribution in [2.45, 2.75) is 33.2 Å². The van der Waals surface area contributed by atoms with Gasteiger partial charge in [-0.1, -0.05) is 23.8 Å². The Kier molecular flexibility index (Phi) is 6.01. The summed E-state index contributed by atoms with van der Waals surface area (Å²) in [6.07, 6.45) is 1.59. The van der Waals surface area contributed by atoms with Crippen molar-refractivity contribution in [1.29, 1.82) is 0 Å². The number of rotatable bonds is 5. The van der Waals surface area contributed by atoms with Crippen LogP contribution in [0.4, 0.5) is 4.39 Å². The lowest BCUT2D eigenvalue weighted by atomic mass is 10.1. The molecule has 0 atom stereocenters. The van der Waals surface area contributed by atoms with Crippen LogP contribution in [-0.4, -0.2) is 33.7 Å². The van der Waals surface area contributed by atoms with E-state index in [4.69, 9.17) is 0 Å². The number of benzene rings is 2. The van der Waals surface area contributed by atoms with Crippen LogP contribution < -0.4 is 10.6 Å². The minimum absolute atomic E-state index is 0.148. The largest absolute Gasteiger partial charge is 0.350 e. The van der Waals surface area contributed by atoms with Gasteiger partial charge in [0, 0.05) is 17.3 Å². The van der Waals surface area contributed by atoms with Crippen molar-refractivity contribution in [2.75, 3.05) is 6.54 Å². The SMILES string of the molecule is Cc1cccc(-c2nn(-c3ccc(F)cc3)cc2C(=O)NCC(=O)NC(C)(C)C)c1. The fourth-order valence-electron chi connectivity index (χ4n) is 2.99. The number of amides is 2. The van der Waals surface area contributed by atoms with Crippen LogP contribution >= 0.6 is 0 Å². The van der Waals surface area contributed by atoms with Crippen molar-refractivity contribution in [3.05, 3.63) is 71.7 Å². The summed E-state index contributed by atoms with van der Waals surface area (Å²) < 4.78 is 14.8. The predicted octanol–water partition coefficient (Wildman–Crippen LogP) is 3.63. The molecule has 0 saturated carbocycles. The van der Waals surface area contributed by atoms with Crippen LogP contribution in [0, 0.1) is 12.7 Å². The Balaban J connectivity index is 1.92. The summed E-state index contributed by atoms with van der Waals surface area (Å²) in [5.41, 5.74) is 2.85. The molecule has 3 aromatic rings. The third-order valence-corrected chi connectivity index (χ3v) is 4.27. The highest BCUT2D eigenvalue weighted by Crippen LogP contribution is 2.24. The summed E-state index contributed by atoms with van der Waals surface area (Å²) in [5, 5.41) is 10.0. The van der Waals surface area contributed by atoms with Crippen LogP contribution in [0.2, 0.25) is 0 Å². The molecule has 0 radical (unpaired) electrons. The number of nitrogens with one attached hydrogen (secondary N) is 2. The molecule has 0 bridgehead atoms. The first-order valence-corrected chi connectivity index (χ1v) is 9.64. The van der Waals surface area contributed by atoms with Gasteiger partial charge in [0.2, 0.25) is 5.91 Å². The maximum Gasteiger partial charge on any atom is 0.255 e. The number of carbonyl (C=O) groups excluding carboxylic acids is 2. The van der Waals surface area contributed by atoms with E-state index in [0.717, 1.165) is 11.1 Å². The lowest BCUT2D eigenvalue weighted by Crippen LogP contribution is -2.45. The molecular weight excluding hydrogens is 383 g/mol. The van der Waals surface area contributed by atoms with E-state index in [1.54, 1.807) is 18.3 Å². The molecule has 30 heavy (non-hydrogen) atoms. The van der Waals surface area contributed by atoms with Crippen LogP contribution in [-0.2, 0) is 4.79 Å². The van der Waals surface area contributed by atoms with Gasteiger partial charge in [-0.15, -0.1) is 0 Å². The summed E-state index contributed by atoms with van der Waals surface area (Å²) in [6.45, 7) is 7.42. The molecule has 0 aliphatic carbocycles. The van der Waals surface area contributed by atoms with Gasteiger partial charge < -0.3 is 10.6 Å². The Morgan fingerprint density at radius 3 is 2.43 bits per heavy atom. The van der Waals surface area contributed by atoms with Gasteiger partial charge in [0.05, 0.1) is 17.8 Å². The first kappa shape index (κ1) is 21.2. The van der Waals surface area contributed by atoms with Gasteiger partial charge in [-0.2, -0.15) is 5.10 Å². The summed E-state index contributed by atoms with van der Waals surface area (Å²) in [6, 6.07) is 13.5. The molecule has 0 fully saturated rings. The lowest BCUT2D eigenvalue weighted by molar-refractivity contribution is -0.121. The molecule has 0 unspecified atom stereocenters. The zero-order valence-electron chi connectivity index (χ0n) is 17.5. The maximum atomic E-state index is 13.3. The van der Waals surface area contributed by atoms with Gasteiger partial charge in [0.1, 0.15) is 11.5 Å². The van der Waals surface area contributed by atoms with E-state index in [1.165, 1.54) is 16.8 Å². The van der Waals surface area contributed by atoms with Gasteiger partial charge in [0.15, 0.2) is 0 Å². The fourth-order valence-corrected chi connectivity index (χ4v) is 2.99. The van der Waals surface area contributed by atoms with Crippen molar-refractivity contribution < 1.29 is 14.0 Å². The van der Waals surface area contributed by atoms with Crippen molar-refractivity contribution >= 4 is 11.8 Å². The average Bonchev–Trinajstić information content (AvgIpc) is 3.11. The highest BCUT2D eigenvalue weighted by molar-refractivity contribution is 6.01. The second-order valence-electron chi connectivity index (χ2n) is 8.16. The van der Waals surface area contributed by atoms with Crippen molar-refractivity contribution in [3.8, 4) is 16.9 Å². The summed E-state index contributed by atoms with van der Waals surface area (Å²) in [7, 11) is 0. The second-order valence-corrected chi connectivity index (χ2v) is 8.16. The molecule has 1 aromatic heterocycles. The third-order valence-electron chi connectivity index (χ3n) is 4.27. The van der Waals surface area contributed by atoms with E-state index in [0.29, 0.717) is 16.9 Å². The average molecular weight is 408 g/mol. The molecule has 0 spiro atoms. The minimum Gasteiger partial charge on any atom is -0.350 e. The molecule has 7 heteroatoms. The summed E-state index contributed by atoms with van der Waals surface area (Å²) in [5.74, 6) is -1.05. The molecule has 2 amide bonds. The fraction of sp³-hybridized carbons (Fsp3) is 0.261. The molecule has 0 saturated heterocycles. The zero-order chi connectivity index (χ0) is 21.9. The van der Waals surface area contributed by atoms with Gasteiger partial charge in [-0.05, 0) is 58.0 Å². The quantitative estimate of drug-likeness (QED) is 0.677. The Labute approximate surface area is 175 Å². The zero-order valence-corrected chi connectivity index (χ0v) is 17.5. The monoisotopic (exact) mass is 408 g/mol. The third kappa shape index (κ3) is 5.31. The Morgan fingerprint density at radius 1 is 1.10 bits per heavy atom. The topological polar surface area (TPSA) is 76.0 Å². The van der Waals surface area contributed by atoms with E-state index in [2.05, 4.69) is 15.7 Å². The van der Waals surface area contributed by atoms with Crippen LogP contribution in [0.5, 0.6) is 0 Å². The van der Waals surface area contributed by atoms with Crippen molar-refractivity contribution in [1.82, 2.24) is 20.4 Å². The van der Waals surface area contributed by atoms with Gasteiger partial charge in [-0.25, -0.2) is 9.07 Å². The number of hydrogen-bond acceptors (Lipinski definition) is 3. The summed E-state index contributed by atoms with van der Waals surface area (Å²) >= 11 is 0. The van der Waals surface area contributed by atoms with E-state index < -0.39 is 5.91 Å². The van der Waals surface area contributed by atoms with Crippen molar-refractivity contribution in [2.24, 2.45) is 0 Å². The number of carbonyl (C=O) groups is 2. The van der Waals surface area contributed by atoms with Gasteiger partial charge >= 0.3 is 0 Å². The van der Waals surface area contributed by atoms with Crippen molar-refractivity contribution in [3.63, 3.8) is 0 Å². The second kappa shape index (κ2) is 8.49. The predicted molar refractivity (Wildman–Crippen MR) is 114 cm³/mol. The number of nitrogens with zero attached hydrogens (tertiary/aromatic N) is 2. The molecular formula is C23H25FN4O2. The highest BCUT2D eigenvalue weighted by Gasteiger charge is 2.20. The molecule has 6 nitrogen and oxygen atoms in total. The number of aromatic nitrogens is 2. The molecule has 0 aliphatic rings. The maximum absolute atomic E-state index is 13.3. The smallest absolute Gasteiger partial charge is 0.255 e. The Bertz CT molecular complexity index is 1070. The molecule has 2 N–H and O–H groups in total. The molecule has 156 valence electrons. The van der Waals surface area contributed by atoms with Crippen LogP contribution in [0.15, 0.2) is 54.7 Å². The van der Waals surface area contributed by atoms with Crippen LogP contribution in [0.3, 0.4) is 0 Å². The van der Waals surface area contributed by atoms with E-state index in [1.807, 2.05) is 52.0 Å². The first-order chi connectivity index (χ1) is 14.1. The molecule has 3 rings (SSSR count). The summed E-state index contributed by atoms with van der Waals surface area (Å²) in [4.78, 5) is 25.0. The highest BCUT2D eigenvalue weighted by atomic mass is 19.1. The molecule has 2 aromatic carbocycles. The first-order valence-electron chi connectivity index (χ1n) is 9.64. The lowest BCUT2D eigenvalue weighted by Gasteiger charge is -2.20. The Morgan fingerprint density at radius 2 is 1.80 bits per heavy atom. The van der Waals surface area contributed by atoms with E-state index in [9.17, 15) is 14.0 Å². The molecule has 0 aliphatic heterocycles. The van der Waals surface area contributed by atoms with Gasteiger partial charge in [0.25, 0.3) is 5.91 Å². The normalized spacial score (nSPS) is 11.2. The number of hydrogen-bond donors (Lipinski definition) is 2. The Hall–Kier alpha value is -3.48. The van der Waals surface area contributed by atoms with Gasteiger partial charge in [-0.3, -0.25) is 9.59 Å². The van der Waals surface area contributed by atoms with Crippen LogP contribution in [0.1, 0.15) is 36.7 Å². The standard InChI is InChI=1S/C23H25FN4O2/c1-15-6-5-7-16(12-15)21-19(22(30)25-13-20(29)26-23(2,3)4)14-28(27-21)18-10-8-17(24)9-11-18/h5-12,14H,13H2,1-4H3,(H,25,30)(H,26,29). The van der Waals surface area contributed by atoms with E-state index >= 15 is 0 Å². The number of halogens is 1. The number of aryl methyl sites for hydroxylation is 1. The van der Waals surface area contributed by atoms with Crippen LogP contribution in [0.25, 0.3) is 16.9 Å². The van der Waals surface area contributed by atoms with E-state index in [-0.39, 0.29) is 23.8 Å².